The fraction of sp³-hybridized carbons (Fsp3) is 0.455. The van der Waals surface area contributed by atoms with Crippen LogP contribution >= 0.6 is 11.8 Å². The summed E-state index contributed by atoms with van der Waals surface area (Å²) in [5.41, 5.74) is 0.733. The van der Waals surface area contributed by atoms with E-state index in [4.69, 9.17) is 5.11 Å². The second-order valence-electron chi connectivity index (χ2n) is 4.15. The highest BCUT2D eigenvalue weighted by atomic mass is 32.2. The second-order valence-corrected chi connectivity index (χ2v) is 5.30. The third kappa shape index (κ3) is 3.34. The molecule has 1 saturated heterocycles. The van der Waals surface area contributed by atoms with Crippen molar-refractivity contribution in [2.24, 2.45) is 0 Å². The molecule has 1 fully saturated rings. The fourth-order valence-corrected chi connectivity index (χ4v) is 3.08. The van der Waals surface area contributed by atoms with E-state index in [2.05, 4.69) is 4.98 Å². The van der Waals surface area contributed by atoms with Gasteiger partial charge < -0.3 is 20.1 Å². The summed E-state index contributed by atoms with van der Waals surface area (Å²) in [6.45, 7) is 0.724. The van der Waals surface area contributed by atoms with Crippen LogP contribution in [-0.2, 0) is 4.79 Å². The van der Waals surface area contributed by atoms with Gasteiger partial charge in [-0.1, -0.05) is 0 Å². The summed E-state index contributed by atoms with van der Waals surface area (Å²) in [6, 6.07) is 2.87. The van der Waals surface area contributed by atoms with Gasteiger partial charge in [0.2, 0.25) is 0 Å². The minimum absolute atomic E-state index is 0.0595. The highest BCUT2D eigenvalue weighted by molar-refractivity contribution is 7.99. The lowest BCUT2D eigenvalue weighted by Crippen LogP contribution is -2.43. The van der Waals surface area contributed by atoms with Crippen LogP contribution in [0.4, 0.5) is 11.5 Å². The summed E-state index contributed by atoms with van der Waals surface area (Å²) in [5.74, 6) is 0.605. The van der Waals surface area contributed by atoms with E-state index in [0.29, 0.717) is 0 Å². The number of hydrogen-bond acceptors (Lipinski definition) is 6. The van der Waals surface area contributed by atoms with Crippen molar-refractivity contribution in [1.29, 1.82) is 0 Å². The Morgan fingerprint density at radius 1 is 1.63 bits per heavy atom. The molecule has 102 valence electrons. The van der Waals surface area contributed by atoms with E-state index in [1.54, 1.807) is 17.8 Å². The number of anilines is 1. The van der Waals surface area contributed by atoms with E-state index in [0.717, 1.165) is 23.7 Å². The summed E-state index contributed by atoms with van der Waals surface area (Å²) < 4.78 is 0. The second kappa shape index (κ2) is 5.87. The number of carbonyl (C=O) groups is 1. The Hall–Kier alpha value is -1.83. The van der Waals surface area contributed by atoms with Crippen LogP contribution in [0.25, 0.3) is 0 Å². The highest BCUT2D eigenvalue weighted by Crippen LogP contribution is 2.26. The van der Waals surface area contributed by atoms with Crippen molar-refractivity contribution < 1.29 is 14.8 Å². The van der Waals surface area contributed by atoms with Gasteiger partial charge in [-0.3, -0.25) is 4.79 Å². The number of hydrogen-bond donors (Lipinski definition) is 1. The maximum absolute atomic E-state index is 10.8. The molecule has 0 spiro atoms. The molecule has 8 heteroatoms. The number of nitrogens with zero attached hydrogens (tertiary/aromatic N) is 3. The van der Waals surface area contributed by atoms with Crippen molar-refractivity contribution in [3.8, 4) is 0 Å². The van der Waals surface area contributed by atoms with Crippen molar-refractivity contribution in [1.82, 2.24) is 4.98 Å². The molecular weight excluding hydrogens is 270 g/mol. The molecule has 1 unspecified atom stereocenters. The van der Waals surface area contributed by atoms with E-state index >= 15 is 0 Å². The molecule has 1 atom stereocenters. The molecule has 0 bridgehead atoms. The molecule has 7 nitrogen and oxygen atoms in total. The van der Waals surface area contributed by atoms with Gasteiger partial charge in [0.05, 0.1) is 12.1 Å². The smallest absolute Gasteiger partial charge is 0.363 e. The number of aromatic nitrogens is 1. The van der Waals surface area contributed by atoms with Crippen LogP contribution in [0.3, 0.4) is 0 Å². The molecule has 19 heavy (non-hydrogen) atoms. The van der Waals surface area contributed by atoms with Gasteiger partial charge in [0.15, 0.2) is 6.20 Å². The Morgan fingerprint density at radius 3 is 3.00 bits per heavy atom. The molecule has 0 amide bonds. The van der Waals surface area contributed by atoms with E-state index in [1.165, 1.54) is 12.3 Å². The van der Waals surface area contributed by atoms with Crippen LogP contribution in [0.5, 0.6) is 0 Å². The Morgan fingerprint density at radius 2 is 2.42 bits per heavy atom. The molecule has 1 aromatic heterocycles. The number of aliphatic carboxylic acids is 1. The average Bonchev–Trinajstić information content (AvgIpc) is 2.39. The number of carboxylic acids is 1. The maximum atomic E-state index is 10.8. The molecule has 1 aromatic rings. The molecule has 2 rings (SSSR count). The van der Waals surface area contributed by atoms with E-state index < -0.39 is 10.9 Å². The predicted molar refractivity (Wildman–Crippen MR) is 71.6 cm³/mol. The van der Waals surface area contributed by atoms with Crippen molar-refractivity contribution in [2.75, 3.05) is 23.0 Å². The van der Waals surface area contributed by atoms with Crippen LogP contribution < -0.4 is 4.90 Å². The molecule has 0 aromatic carbocycles. The Bertz CT molecular complexity index is 479. The first-order valence-electron chi connectivity index (χ1n) is 5.74. The minimum atomic E-state index is -0.840. The number of thioether (sulfide) groups is 1. The van der Waals surface area contributed by atoms with Crippen LogP contribution in [0.15, 0.2) is 18.3 Å². The van der Waals surface area contributed by atoms with E-state index in [1.807, 2.05) is 4.90 Å². The summed E-state index contributed by atoms with van der Waals surface area (Å²) >= 11 is 1.72. The zero-order valence-corrected chi connectivity index (χ0v) is 10.9. The molecule has 0 saturated carbocycles. The highest BCUT2D eigenvalue weighted by Gasteiger charge is 2.26. The molecule has 0 aliphatic carbocycles. The van der Waals surface area contributed by atoms with Crippen molar-refractivity contribution in [3.63, 3.8) is 0 Å². The van der Waals surface area contributed by atoms with Gasteiger partial charge >= 0.3 is 11.8 Å². The molecule has 1 aliphatic heterocycles. The maximum Gasteiger partial charge on any atom is 0.363 e. The largest absolute Gasteiger partial charge is 0.481 e. The minimum Gasteiger partial charge on any atom is -0.481 e. The normalized spacial score (nSPS) is 19.2. The first-order valence-corrected chi connectivity index (χ1v) is 6.90. The molecule has 1 aliphatic rings. The van der Waals surface area contributed by atoms with Crippen LogP contribution in [0, 0.1) is 10.1 Å². The Labute approximate surface area is 113 Å². The standard InChI is InChI=1S/C11H13N3O4S/c15-11(16)5-9-7-19-4-3-13(9)8-1-2-10(12-6-8)14(17)18/h1-2,6,9H,3-5,7H2,(H,15,16). The van der Waals surface area contributed by atoms with E-state index in [9.17, 15) is 14.9 Å². The zero-order chi connectivity index (χ0) is 13.8. The predicted octanol–water partition coefficient (Wildman–Crippen LogP) is 1.39. The first kappa shape index (κ1) is 13.6. The van der Waals surface area contributed by atoms with Crippen LogP contribution in [0.2, 0.25) is 0 Å². The van der Waals surface area contributed by atoms with Crippen molar-refractivity contribution in [2.45, 2.75) is 12.5 Å². The molecule has 1 N–H and O–H groups in total. The fourth-order valence-electron chi connectivity index (χ4n) is 2.02. The molecule has 2 heterocycles. The van der Waals surface area contributed by atoms with Crippen LogP contribution in [-0.4, -0.2) is 45.1 Å². The lowest BCUT2D eigenvalue weighted by molar-refractivity contribution is -0.389. The lowest BCUT2D eigenvalue weighted by atomic mass is 10.2. The van der Waals surface area contributed by atoms with Gasteiger partial charge in [0.1, 0.15) is 0 Å². The van der Waals surface area contributed by atoms with Crippen molar-refractivity contribution >= 4 is 29.2 Å². The quantitative estimate of drug-likeness (QED) is 0.658. The topological polar surface area (TPSA) is 96.6 Å². The zero-order valence-electron chi connectivity index (χ0n) is 10.1. The molecular formula is C11H13N3O4S. The van der Waals surface area contributed by atoms with E-state index in [-0.39, 0.29) is 18.3 Å². The monoisotopic (exact) mass is 283 g/mol. The third-order valence-electron chi connectivity index (χ3n) is 2.89. The average molecular weight is 283 g/mol. The Kier molecular flexibility index (Phi) is 4.20. The lowest BCUT2D eigenvalue weighted by Gasteiger charge is -2.35. The number of pyridine rings is 1. The summed E-state index contributed by atoms with van der Waals surface area (Å²) in [4.78, 5) is 26.6. The number of nitro groups is 1. The SMILES string of the molecule is O=C(O)CC1CSCCN1c1ccc([N+](=O)[O-])nc1. The van der Waals surface area contributed by atoms with Gasteiger partial charge in [0.25, 0.3) is 0 Å². The third-order valence-corrected chi connectivity index (χ3v) is 3.98. The summed E-state index contributed by atoms with van der Waals surface area (Å²) in [7, 11) is 0. The Balaban J connectivity index is 2.17. The number of rotatable bonds is 4. The summed E-state index contributed by atoms with van der Waals surface area (Å²) in [6.07, 6.45) is 1.49. The van der Waals surface area contributed by atoms with Gasteiger partial charge in [-0.2, -0.15) is 11.8 Å². The summed E-state index contributed by atoms with van der Waals surface area (Å²) in [5, 5.41) is 19.5. The van der Waals surface area contributed by atoms with Gasteiger partial charge in [-0.05, 0) is 16.0 Å². The first-order chi connectivity index (χ1) is 9.08. The molecule has 0 radical (unpaired) electrons. The number of carboxylic acid groups (broad SMARTS) is 1. The van der Waals surface area contributed by atoms with Gasteiger partial charge in [0, 0.05) is 30.2 Å². The van der Waals surface area contributed by atoms with Gasteiger partial charge in [-0.25, -0.2) is 0 Å². The van der Waals surface area contributed by atoms with Gasteiger partial charge in [-0.15, -0.1) is 0 Å². The van der Waals surface area contributed by atoms with Crippen LogP contribution in [0.1, 0.15) is 6.42 Å². The van der Waals surface area contributed by atoms with Crippen molar-refractivity contribution in [3.05, 3.63) is 28.4 Å².